The highest BCUT2D eigenvalue weighted by Crippen LogP contribution is 2.11. The molecule has 1 aromatic heterocycles. The summed E-state index contributed by atoms with van der Waals surface area (Å²) in [7, 11) is 1.57. The zero-order valence-corrected chi connectivity index (χ0v) is 11.5. The molecule has 5 N–H and O–H groups in total. The molecule has 0 saturated heterocycles. The molecule has 1 atom stereocenters. The highest BCUT2D eigenvalue weighted by Gasteiger charge is 2.05. The number of nitrogens with zero attached hydrogens (tertiary/aromatic N) is 2. The Balaban J connectivity index is 2.54. The smallest absolute Gasteiger partial charge is 0.145 e. The lowest BCUT2D eigenvalue weighted by Gasteiger charge is -2.12. The maximum Gasteiger partial charge on any atom is 0.145 e. The zero-order valence-electron chi connectivity index (χ0n) is 11.5. The summed E-state index contributed by atoms with van der Waals surface area (Å²) in [6, 6.07) is 1.74. The lowest BCUT2D eigenvalue weighted by Crippen LogP contribution is -2.19. The van der Waals surface area contributed by atoms with Crippen molar-refractivity contribution in [2.45, 2.75) is 32.3 Å². The van der Waals surface area contributed by atoms with Crippen LogP contribution < -0.4 is 16.6 Å². The Morgan fingerprint density at radius 2 is 2.16 bits per heavy atom. The summed E-state index contributed by atoms with van der Waals surface area (Å²) >= 11 is 0. The molecule has 0 aliphatic rings. The first-order chi connectivity index (χ1) is 9.19. The average Bonchev–Trinajstić information content (AvgIpc) is 2.39. The summed E-state index contributed by atoms with van der Waals surface area (Å²) in [5.41, 5.74) is 2.53. The monoisotopic (exact) mass is 269 g/mol. The number of anilines is 2. The predicted molar refractivity (Wildman–Crippen MR) is 74.8 cm³/mol. The van der Waals surface area contributed by atoms with Gasteiger partial charge in [-0.2, -0.15) is 0 Å². The maximum absolute atomic E-state index is 9.54. The van der Waals surface area contributed by atoms with Crippen molar-refractivity contribution in [3.8, 4) is 0 Å². The van der Waals surface area contributed by atoms with E-state index in [2.05, 4.69) is 27.6 Å². The normalized spacial score (nSPS) is 12.2. The lowest BCUT2D eigenvalue weighted by atomic mass is 10.2. The van der Waals surface area contributed by atoms with Gasteiger partial charge in [0.05, 0.1) is 12.7 Å². The van der Waals surface area contributed by atoms with Gasteiger partial charge in [0, 0.05) is 26.1 Å². The van der Waals surface area contributed by atoms with Gasteiger partial charge in [-0.25, -0.2) is 15.8 Å². The first kappa shape index (κ1) is 15.6. The summed E-state index contributed by atoms with van der Waals surface area (Å²) < 4.78 is 4.86. The SMILES string of the molecule is CCCc1nc(NN)cc(NCCC(O)COC)n1. The van der Waals surface area contributed by atoms with Crippen LogP contribution in [0.2, 0.25) is 0 Å². The first-order valence-corrected chi connectivity index (χ1v) is 6.45. The lowest BCUT2D eigenvalue weighted by molar-refractivity contribution is 0.0615. The van der Waals surface area contributed by atoms with Crippen molar-refractivity contribution in [2.24, 2.45) is 5.84 Å². The van der Waals surface area contributed by atoms with Crippen LogP contribution in [0.5, 0.6) is 0 Å². The van der Waals surface area contributed by atoms with Crippen LogP contribution in [0.4, 0.5) is 11.6 Å². The number of rotatable bonds is 9. The predicted octanol–water partition coefficient (Wildman–Crippen LogP) is 0.524. The Morgan fingerprint density at radius 3 is 2.79 bits per heavy atom. The molecule has 7 nitrogen and oxygen atoms in total. The molecule has 19 heavy (non-hydrogen) atoms. The van der Waals surface area contributed by atoms with E-state index in [0.29, 0.717) is 31.2 Å². The van der Waals surface area contributed by atoms with Gasteiger partial charge >= 0.3 is 0 Å². The molecule has 108 valence electrons. The third-order valence-electron chi connectivity index (χ3n) is 2.54. The van der Waals surface area contributed by atoms with Gasteiger partial charge < -0.3 is 20.6 Å². The van der Waals surface area contributed by atoms with Crippen molar-refractivity contribution >= 4 is 11.6 Å². The molecule has 0 amide bonds. The minimum absolute atomic E-state index is 0.335. The summed E-state index contributed by atoms with van der Waals surface area (Å²) in [4.78, 5) is 8.64. The number of aromatic nitrogens is 2. The maximum atomic E-state index is 9.54. The molecule has 0 aliphatic carbocycles. The van der Waals surface area contributed by atoms with Crippen LogP contribution in [0.15, 0.2) is 6.07 Å². The van der Waals surface area contributed by atoms with Crippen LogP contribution in [-0.4, -0.2) is 41.4 Å². The number of nitrogen functional groups attached to an aromatic ring is 1. The van der Waals surface area contributed by atoms with Crippen molar-refractivity contribution in [1.82, 2.24) is 9.97 Å². The van der Waals surface area contributed by atoms with Gasteiger partial charge in [0.1, 0.15) is 17.5 Å². The fourth-order valence-corrected chi connectivity index (χ4v) is 1.64. The summed E-state index contributed by atoms with van der Waals surface area (Å²) in [5.74, 6) is 7.41. The number of hydrazine groups is 1. The molecule has 7 heteroatoms. The third-order valence-corrected chi connectivity index (χ3v) is 2.54. The van der Waals surface area contributed by atoms with Gasteiger partial charge in [-0.3, -0.25) is 0 Å². The van der Waals surface area contributed by atoms with Gasteiger partial charge in [0.25, 0.3) is 0 Å². The van der Waals surface area contributed by atoms with E-state index >= 15 is 0 Å². The average molecular weight is 269 g/mol. The molecule has 0 saturated carbocycles. The van der Waals surface area contributed by atoms with Crippen LogP contribution in [0.25, 0.3) is 0 Å². The molecule has 0 aromatic carbocycles. The molecule has 0 aliphatic heterocycles. The third kappa shape index (κ3) is 5.82. The van der Waals surface area contributed by atoms with Crippen LogP contribution in [0.1, 0.15) is 25.6 Å². The van der Waals surface area contributed by atoms with Gasteiger partial charge in [-0.1, -0.05) is 6.92 Å². The van der Waals surface area contributed by atoms with E-state index in [1.165, 1.54) is 0 Å². The summed E-state index contributed by atoms with van der Waals surface area (Å²) in [6.07, 6.45) is 1.89. The van der Waals surface area contributed by atoms with E-state index in [1.54, 1.807) is 13.2 Å². The molecule has 1 aromatic rings. The topological polar surface area (TPSA) is 105 Å². The molecule has 1 rings (SSSR count). The Bertz CT molecular complexity index is 375. The first-order valence-electron chi connectivity index (χ1n) is 6.45. The van der Waals surface area contributed by atoms with Crippen molar-refractivity contribution in [3.05, 3.63) is 11.9 Å². The van der Waals surface area contributed by atoms with Crippen LogP contribution in [0.3, 0.4) is 0 Å². The number of hydrogen-bond donors (Lipinski definition) is 4. The molecule has 0 fully saturated rings. The van der Waals surface area contributed by atoms with E-state index in [4.69, 9.17) is 10.6 Å². The van der Waals surface area contributed by atoms with Crippen LogP contribution >= 0.6 is 0 Å². The molecule has 0 radical (unpaired) electrons. The Morgan fingerprint density at radius 1 is 1.42 bits per heavy atom. The van der Waals surface area contributed by atoms with Gasteiger partial charge in [0.2, 0.25) is 0 Å². The van der Waals surface area contributed by atoms with E-state index < -0.39 is 6.10 Å². The highest BCUT2D eigenvalue weighted by molar-refractivity contribution is 5.46. The van der Waals surface area contributed by atoms with Gasteiger partial charge in [-0.15, -0.1) is 0 Å². The number of ether oxygens (including phenoxy) is 1. The molecule has 0 bridgehead atoms. The highest BCUT2D eigenvalue weighted by atomic mass is 16.5. The number of methoxy groups -OCH3 is 1. The molecule has 0 spiro atoms. The minimum Gasteiger partial charge on any atom is -0.391 e. The second-order valence-corrected chi connectivity index (χ2v) is 4.27. The fourth-order valence-electron chi connectivity index (χ4n) is 1.64. The van der Waals surface area contributed by atoms with Gasteiger partial charge in [0.15, 0.2) is 0 Å². The second-order valence-electron chi connectivity index (χ2n) is 4.27. The van der Waals surface area contributed by atoms with Crippen molar-refractivity contribution in [3.63, 3.8) is 0 Å². The zero-order chi connectivity index (χ0) is 14.1. The minimum atomic E-state index is -0.471. The second kappa shape index (κ2) is 8.63. The molecular formula is C12H23N5O2. The van der Waals surface area contributed by atoms with Crippen molar-refractivity contribution in [2.75, 3.05) is 31.0 Å². The molecular weight excluding hydrogens is 246 g/mol. The fraction of sp³-hybridized carbons (Fsp3) is 0.667. The summed E-state index contributed by atoms with van der Waals surface area (Å²) in [6.45, 7) is 3.01. The van der Waals surface area contributed by atoms with Crippen molar-refractivity contribution in [1.29, 1.82) is 0 Å². The molecule has 1 heterocycles. The Labute approximate surface area is 113 Å². The largest absolute Gasteiger partial charge is 0.391 e. The van der Waals surface area contributed by atoms with E-state index in [0.717, 1.165) is 18.7 Å². The number of nitrogens with one attached hydrogen (secondary N) is 2. The van der Waals surface area contributed by atoms with Crippen molar-refractivity contribution < 1.29 is 9.84 Å². The molecule has 1 unspecified atom stereocenters. The number of aryl methyl sites for hydroxylation is 1. The van der Waals surface area contributed by atoms with E-state index in [-0.39, 0.29) is 0 Å². The Hall–Kier alpha value is -1.44. The van der Waals surface area contributed by atoms with Crippen LogP contribution in [-0.2, 0) is 11.2 Å². The van der Waals surface area contributed by atoms with E-state index in [1.807, 2.05) is 0 Å². The van der Waals surface area contributed by atoms with E-state index in [9.17, 15) is 5.11 Å². The number of hydrogen-bond acceptors (Lipinski definition) is 7. The number of aliphatic hydroxyl groups is 1. The van der Waals surface area contributed by atoms with Crippen LogP contribution in [0, 0.1) is 0 Å². The van der Waals surface area contributed by atoms with Gasteiger partial charge in [-0.05, 0) is 12.8 Å². The quantitative estimate of drug-likeness (QED) is 0.382. The number of nitrogens with two attached hydrogens (primary N) is 1. The standard InChI is InChI=1S/C12H23N5O2/c1-3-4-10-15-11(7-12(16-10)17-13)14-6-5-9(18)8-19-2/h7,9,18H,3-6,8,13H2,1-2H3,(H2,14,15,16,17). The summed E-state index contributed by atoms with van der Waals surface area (Å²) in [5, 5.41) is 12.7. The Kier molecular flexibility index (Phi) is 7.09. The number of aliphatic hydroxyl groups excluding tert-OH is 1.